The molecule has 0 N–H and O–H groups in total. The van der Waals surface area contributed by atoms with E-state index in [0.29, 0.717) is 0 Å². The van der Waals surface area contributed by atoms with E-state index in [4.69, 9.17) is 0 Å². The molecule has 6 rings (SSSR count). The van der Waals surface area contributed by atoms with Crippen LogP contribution < -0.4 is 0 Å². The van der Waals surface area contributed by atoms with Crippen LogP contribution in [0.25, 0.3) is 0 Å². The fourth-order valence-corrected chi connectivity index (χ4v) is 9.38. The second kappa shape index (κ2) is 6.66. The summed E-state index contributed by atoms with van der Waals surface area (Å²) in [5.41, 5.74) is 0. The zero-order chi connectivity index (χ0) is 17.1. The smallest absolute Gasteiger partial charge is 0.0202 e. The Hall–Kier alpha value is -0.260. The predicted molar refractivity (Wildman–Crippen MR) is 109 cm³/mol. The van der Waals surface area contributed by atoms with Crippen LogP contribution in [-0.4, -0.2) is 0 Å². The van der Waals surface area contributed by atoms with E-state index in [1.54, 1.807) is 77.0 Å². The Morgan fingerprint density at radius 1 is 0.423 bits per heavy atom. The Morgan fingerprint density at radius 2 is 0.885 bits per heavy atom. The molecule has 0 bridgehead atoms. The van der Waals surface area contributed by atoms with Crippen molar-refractivity contribution in [1.82, 2.24) is 0 Å². The lowest BCUT2D eigenvalue weighted by atomic mass is 9.50. The first-order valence-electron chi connectivity index (χ1n) is 12.5. The molecule has 0 heteroatoms. The van der Waals surface area contributed by atoms with Gasteiger partial charge < -0.3 is 0 Å². The van der Waals surface area contributed by atoms with Gasteiger partial charge in [0.05, 0.1) is 0 Å². The second-order valence-corrected chi connectivity index (χ2v) is 11.7. The molecule has 0 spiro atoms. The fraction of sp³-hybridized carbons (Fsp3) is 0.923. The second-order valence-electron chi connectivity index (χ2n) is 11.7. The summed E-state index contributed by atoms with van der Waals surface area (Å²) >= 11 is 0. The highest BCUT2D eigenvalue weighted by atomic mass is 14.5. The summed E-state index contributed by atoms with van der Waals surface area (Å²) in [5.74, 6) is 11.1. The Labute approximate surface area is 161 Å². The van der Waals surface area contributed by atoms with Crippen molar-refractivity contribution in [1.29, 1.82) is 0 Å². The molecule has 0 aliphatic heterocycles. The van der Waals surface area contributed by atoms with E-state index in [-0.39, 0.29) is 0 Å². The quantitative estimate of drug-likeness (QED) is 0.403. The maximum atomic E-state index is 2.62. The van der Waals surface area contributed by atoms with E-state index in [9.17, 15) is 0 Å². The number of rotatable bonds is 0. The van der Waals surface area contributed by atoms with Gasteiger partial charge in [0.25, 0.3) is 0 Å². The molecule has 6 aliphatic carbocycles. The molecule has 0 aromatic heterocycles. The molecule has 10 unspecified atom stereocenters. The summed E-state index contributed by atoms with van der Waals surface area (Å²) in [7, 11) is 0. The third-order valence-corrected chi connectivity index (χ3v) is 10.6. The van der Waals surface area contributed by atoms with Crippen LogP contribution in [0.15, 0.2) is 12.2 Å². The van der Waals surface area contributed by atoms with E-state index in [0.717, 1.165) is 59.2 Å². The third-order valence-electron chi connectivity index (χ3n) is 10.6. The van der Waals surface area contributed by atoms with Gasteiger partial charge in [0, 0.05) is 0 Å². The van der Waals surface area contributed by atoms with Crippen LogP contribution in [0.5, 0.6) is 0 Å². The lowest BCUT2D eigenvalue weighted by Crippen LogP contribution is -2.45. The SMILES string of the molecule is C1=CC2CC3CC4CC5CC6CCCCC6CC5CC4CC3CC2CC1. The van der Waals surface area contributed by atoms with E-state index in [1.807, 2.05) is 0 Å². The normalized spacial score (nSPS) is 55.7. The molecule has 0 saturated heterocycles. The Balaban J connectivity index is 1.16. The summed E-state index contributed by atoms with van der Waals surface area (Å²) in [5, 5.41) is 0. The van der Waals surface area contributed by atoms with Crippen LogP contribution in [0, 0.1) is 59.2 Å². The van der Waals surface area contributed by atoms with Gasteiger partial charge >= 0.3 is 0 Å². The molecule has 0 radical (unpaired) electrons. The number of hydrogen-bond donors (Lipinski definition) is 0. The first-order chi connectivity index (χ1) is 12.8. The molecule has 0 aromatic carbocycles. The largest absolute Gasteiger partial charge is 0.0882 e. The zero-order valence-electron chi connectivity index (χ0n) is 16.8. The molecule has 5 fully saturated rings. The molecule has 6 aliphatic rings. The van der Waals surface area contributed by atoms with E-state index in [1.165, 1.54) is 12.8 Å². The molecule has 0 aromatic rings. The molecule has 144 valence electrons. The van der Waals surface area contributed by atoms with Crippen molar-refractivity contribution >= 4 is 0 Å². The van der Waals surface area contributed by atoms with Crippen LogP contribution in [0.1, 0.15) is 89.9 Å². The molecule has 26 heavy (non-hydrogen) atoms. The van der Waals surface area contributed by atoms with Crippen molar-refractivity contribution in [3.05, 3.63) is 12.2 Å². The average molecular weight is 353 g/mol. The summed E-state index contributed by atoms with van der Waals surface area (Å²) in [4.78, 5) is 0. The highest BCUT2D eigenvalue weighted by Crippen LogP contribution is 2.59. The summed E-state index contributed by atoms with van der Waals surface area (Å²) < 4.78 is 0. The van der Waals surface area contributed by atoms with Crippen molar-refractivity contribution < 1.29 is 0 Å². The van der Waals surface area contributed by atoms with Gasteiger partial charge in [0.2, 0.25) is 0 Å². The standard InChI is InChI=1S/C26H40/c1-2-6-18-10-22-14-26-16-24-12-20-8-4-3-7-19(20)11-23(24)15-25(26)13-21(22)9-17(18)5-1/h1,5,17-26H,2-4,6-16H2. The maximum absolute atomic E-state index is 2.62. The first kappa shape index (κ1) is 16.7. The van der Waals surface area contributed by atoms with Crippen LogP contribution in [0.2, 0.25) is 0 Å². The van der Waals surface area contributed by atoms with Gasteiger partial charge in [-0.2, -0.15) is 0 Å². The van der Waals surface area contributed by atoms with Crippen molar-refractivity contribution in [2.45, 2.75) is 89.9 Å². The Bertz CT molecular complexity index is 546. The third kappa shape index (κ3) is 2.84. The van der Waals surface area contributed by atoms with Crippen LogP contribution >= 0.6 is 0 Å². The molecular weight excluding hydrogens is 312 g/mol. The van der Waals surface area contributed by atoms with Gasteiger partial charge in [0.1, 0.15) is 0 Å². The molecule has 10 atom stereocenters. The van der Waals surface area contributed by atoms with Gasteiger partial charge in [-0.05, 0) is 123 Å². The van der Waals surface area contributed by atoms with Gasteiger partial charge in [-0.3, -0.25) is 0 Å². The van der Waals surface area contributed by atoms with Crippen molar-refractivity contribution in [2.24, 2.45) is 59.2 Å². The summed E-state index contributed by atoms with van der Waals surface area (Å²) in [6, 6.07) is 0. The maximum Gasteiger partial charge on any atom is -0.0202 e. The van der Waals surface area contributed by atoms with E-state index < -0.39 is 0 Å². The van der Waals surface area contributed by atoms with E-state index in [2.05, 4.69) is 12.2 Å². The Kier molecular flexibility index (Phi) is 4.27. The van der Waals surface area contributed by atoms with Crippen molar-refractivity contribution in [3.63, 3.8) is 0 Å². The van der Waals surface area contributed by atoms with Gasteiger partial charge in [-0.1, -0.05) is 37.8 Å². The molecule has 5 saturated carbocycles. The number of fused-ring (bicyclic) bond motifs is 5. The summed E-state index contributed by atoms with van der Waals surface area (Å²) in [6.07, 6.45) is 27.3. The van der Waals surface area contributed by atoms with E-state index >= 15 is 0 Å². The van der Waals surface area contributed by atoms with Gasteiger partial charge in [0.15, 0.2) is 0 Å². The average Bonchev–Trinajstić information content (AvgIpc) is 2.67. The highest BCUT2D eigenvalue weighted by Gasteiger charge is 2.49. The topological polar surface area (TPSA) is 0 Å². The Morgan fingerprint density at radius 3 is 1.46 bits per heavy atom. The molecule has 0 amide bonds. The lowest BCUT2D eigenvalue weighted by molar-refractivity contribution is -0.0443. The zero-order valence-corrected chi connectivity index (χ0v) is 16.8. The minimum atomic E-state index is 0.968. The number of hydrogen-bond acceptors (Lipinski definition) is 0. The minimum Gasteiger partial charge on any atom is -0.0882 e. The predicted octanol–water partition coefficient (Wildman–Crippen LogP) is 7.25. The monoisotopic (exact) mass is 352 g/mol. The van der Waals surface area contributed by atoms with Gasteiger partial charge in [-0.25, -0.2) is 0 Å². The van der Waals surface area contributed by atoms with Crippen molar-refractivity contribution in [3.8, 4) is 0 Å². The van der Waals surface area contributed by atoms with Crippen LogP contribution in [0.4, 0.5) is 0 Å². The summed E-state index contributed by atoms with van der Waals surface area (Å²) in [6.45, 7) is 0. The molecule has 0 heterocycles. The van der Waals surface area contributed by atoms with Crippen LogP contribution in [-0.2, 0) is 0 Å². The lowest BCUT2D eigenvalue weighted by Gasteiger charge is -2.55. The minimum absolute atomic E-state index is 0.968. The first-order valence-corrected chi connectivity index (χ1v) is 12.5. The molecule has 0 nitrogen and oxygen atoms in total. The van der Waals surface area contributed by atoms with Crippen molar-refractivity contribution in [2.75, 3.05) is 0 Å². The highest BCUT2D eigenvalue weighted by molar-refractivity contribution is 5.04. The number of allylic oxidation sites excluding steroid dienone is 2. The van der Waals surface area contributed by atoms with Gasteiger partial charge in [-0.15, -0.1) is 0 Å². The van der Waals surface area contributed by atoms with Crippen LogP contribution in [0.3, 0.4) is 0 Å². The molecular formula is C26H40. The fourth-order valence-electron chi connectivity index (χ4n) is 9.38.